The number of hydrogen-bond acceptors (Lipinski definition) is 4. The quantitative estimate of drug-likeness (QED) is 0.877. The van der Waals surface area contributed by atoms with Crippen LogP contribution in [0, 0.1) is 5.82 Å². The molecule has 1 unspecified atom stereocenters. The zero-order chi connectivity index (χ0) is 18.5. The first-order valence-electron chi connectivity index (χ1n) is 8.25. The zero-order valence-electron chi connectivity index (χ0n) is 14.0. The van der Waals surface area contributed by atoms with Gasteiger partial charge in [0.1, 0.15) is 23.4 Å². The van der Waals surface area contributed by atoms with Crippen LogP contribution in [-0.2, 0) is 0 Å². The number of nitrogens with zero attached hydrogens (tertiary/aromatic N) is 2. The van der Waals surface area contributed by atoms with Gasteiger partial charge in [0.2, 0.25) is 0 Å². The van der Waals surface area contributed by atoms with E-state index in [1.807, 2.05) is 0 Å². The highest BCUT2D eigenvalue weighted by molar-refractivity contribution is 5.91. The van der Waals surface area contributed by atoms with Gasteiger partial charge in [-0.05, 0) is 43.2 Å². The fourth-order valence-electron chi connectivity index (χ4n) is 2.77. The van der Waals surface area contributed by atoms with Crippen molar-refractivity contribution in [3.63, 3.8) is 0 Å². The smallest absolute Gasteiger partial charge is 0.321 e. The molecule has 0 radical (unpaired) electrons. The Morgan fingerprint density at radius 1 is 1.27 bits per heavy atom. The number of primary amides is 1. The highest BCUT2D eigenvalue weighted by Gasteiger charge is 2.25. The third-order valence-corrected chi connectivity index (χ3v) is 4.05. The summed E-state index contributed by atoms with van der Waals surface area (Å²) < 4.78 is 18.8. The summed E-state index contributed by atoms with van der Waals surface area (Å²) in [4.78, 5) is 29.1. The Labute approximate surface area is 150 Å². The lowest BCUT2D eigenvalue weighted by atomic mass is 10.1. The average molecular weight is 358 g/mol. The molecular weight excluding hydrogens is 339 g/mol. The normalized spacial score (nSPS) is 16.8. The van der Waals surface area contributed by atoms with Crippen LogP contribution < -0.4 is 15.8 Å². The molecule has 1 aromatic carbocycles. The molecule has 136 valence electrons. The second kappa shape index (κ2) is 7.81. The number of rotatable bonds is 4. The van der Waals surface area contributed by atoms with Crippen LogP contribution in [0.1, 0.15) is 23.3 Å². The van der Waals surface area contributed by atoms with Gasteiger partial charge in [0.05, 0.1) is 6.54 Å². The largest absolute Gasteiger partial charge is 0.488 e. The lowest BCUT2D eigenvalue weighted by Crippen LogP contribution is -2.46. The SMILES string of the molecule is NC(=O)c1cc(OC2CCCN(C(=O)Nc3ccc(F)cc3)C2)ccn1. The lowest BCUT2D eigenvalue weighted by Gasteiger charge is -2.33. The molecule has 1 atom stereocenters. The number of anilines is 1. The number of benzene rings is 1. The van der Waals surface area contributed by atoms with E-state index >= 15 is 0 Å². The third kappa shape index (κ3) is 4.47. The van der Waals surface area contributed by atoms with Gasteiger partial charge in [-0.1, -0.05) is 0 Å². The minimum absolute atomic E-state index is 0.129. The molecule has 8 heteroatoms. The van der Waals surface area contributed by atoms with E-state index in [0.29, 0.717) is 24.5 Å². The predicted octanol–water partition coefficient (Wildman–Crippen LogP) is 2.39. The van der Waals surface area contributed by atoms with Crippen molar-refractivity contribution in [3.8, 4) is 5.75 Å². The van der Waals surface area contributed by atoms with Crippen LogP contribution in [0.4, 0.5) is 14.9 Å². The Morgan fingerprint density at radius 3 is 2.77 bits per heavy atom. The van der Waals surface area contributed by atoms with Crippen LogP contribution >= 0.6 is 0 Å². The van der Waals surface area contributed by atoms with Crippen molar-refractivity contribution in [2.24, 2.45) is 5.73 Å². The molecular formula is C18H19FN4O3. The number of aromatic nitrogens is 1. The number of nitrogens with two attached hydrogens (primary N) is 1. The zero-order valence-corrected chi connectivity index (χ0v) is 14.0. The highest BCUT2D eigenvalue weighted by atomic mass is 19.1. The van der Waals surface area contributed by atoms with E-state index in [4.69, 9.17) is 10.5 Å². The molecule has 0 spiro atoms. The molecule has 0 aliphatic carbocycles. The maximum Gasteiger partial charge on any atom is 0.321 e. The molecule has 1 saturated heterocycles. The Bertz CT molecular complexity index is 797. The molecule has 2 heterocycles. The Hall–Kier alpha value is -3.16. The van der Waals surface area contributed by atoms with E-state index in [-0.39, 0.29) is 23.6 Å². The summed E-state index contributed by atoms with van der Waals surface area (Å²) in [5, 5.41) is 2.74. The van der Waals surface area contributed by atoms with Crippen LogP contribution in [0.25, 0.3) is 0 Å². The topological polar surface area (TPSA) is 97.6 Å². The van der Waals surface area contributed by atoms with Crippen molar-refractivity contribution in [1.82, 2.24) is 9.88 Å². The van der Waals surface area contributed by atoms with Crippen LogP contribution in [0.15, 0.2) is 42.6 Å². The number of likely N-dealkylation sites (tertiary alicyclic amines) is 1. The van der Waals surface area contributed by atoms with Crippen molar-refractivity contribution in [2.75, 3.05) is 18.4 Å². The van der Waals surface area contributed by atoms with Crippen LogP contribution in [-0.4, -0.2) is 41.0 Å². The molecule has 1 fully saturated rings. The number of pyridine rings is 1. The van der Waals surface area contributed by atoms with Gasteiger partial charge in [0, 0.05) is 24.5 Å². The van der Waals surface area contributed by atoms with Gasteiger partial charge in [0.15, 0.2) is 0 Å². The maximum absolute atomic E-state index is 12.9. The summed E-state index contributed by atoms with van der Waals surface area (Å²) in [5.74, 6) is -0.499. The molecule has 0 bridgehead atoms. The second-order valence-electron chi connectivity index (χ2n) is 6.01. The summed E-state index contributed by atoms with van der Waals surface area (Å²) in [5.41, 5.74) is 5.87. The van der Waals surface area contributed by atoms with Crippen LogP contribution in [0.2, 0.25) is 0 Å². The van der Waals surface area contributed by atoms with Gasteiger partial charge >= 0.3 is 6.03 Å². The van der Waals surface area contributed by atoms with Crippen LogP contribution in [0.3, 0.4) is 0 Å². The summed E-state index contributed by atoms with van der Waals surface area (Å²) in [6.45, 7) is 1.01. The molecule has 0 saturated carbocycles. The average Bonchev–Trinajstić information content (AvgIpc) is 2.64. The molecule has 3 rings (SSSR count). The van der Waals surface area contributed by atoms with E-state index in [9.17, 15) is 14.0 Å². The van der Waals surface area contributed by atoms with E-state index in [1.165, 1.54) is 36.5 Å². The molecule has 7 nitrogen and oxygen atoms in total. The molecule has 3 N–H and O–H groups in total. The number of halogens is 1. The van der Waals surface area contributed by atoms with E-state index in [0.717, 1.165) is 12.8 Å². The number of nitrogens with one attached hydrogen (secondary N) is 1. The fraction of sp³-hybridized carbons (Fsp3) is 0.278. The fourth-order valence-corrected chi connectivity index (χ4v) is 2.77. The monoisotopic (exact) mass is 358 g/mol. The molecule has 1 aromatic heterocycles. The van der Waals surface area contributed by atoms with Gasteiger partial charge in [-0.3, -0.25) is 9.78 Å². The van der Waals surface area contributed by atoms with Gasteiger partial charge in [0.25, 0.3) is 5.91 Å². The first-order chi connectivity index (χ1) is 12.5. The van der Waals surface area contributed by atoms with Crippen molar-refractivity contribution < 1.29 is 18.7 Å². The van der Waals surface area contributed by atoms with Gasteiger partial charge < -0.3 is 20.7 Å². The number of urea groups is 1. The Kier molecular flexibility index (Phi) is 5.31. The number of carbonyl (C=O) groups excluding carboxylic acids is 2. The van der Waals surface area contributed by atoms with Gasteiger partial charge in [-0.15, -0.1) is 0 Å². The number of ether oxygens (including phenoxy) is 1. The third-order valence-electron chi connectivity index (χ3n) is 4.05. The van der Waals surface area contributed by atoms with Crippen LogP contribution in [0.5, 0.6) is 5.75 Å². The van der Waals surface area contributed by atoms with Crippen molar-refractivity contribution in [2.45, 2.75) is 18.9 Å². The first-order valence-corrected chi connectivity index (χ1v) is 8.25. The van der Waals surface area contributed by atoms with Gasteiger partial charge in [-0.2, -0.15) is 0 Å². The van der Waals surface area contributed by atoms with E-state index in [2.05, 4.69) is 10.3 Å². The minimum Gasteiger partial charge on any atom is -0.488 e. The number of carbonyl (C=O) groups is 2. The molecule has 1 aliphatic heterocycles. The number of piperidine rings is 1. The van der Waals surface area contributed by atoms with Crippen molar-refractivity contribution >= 4 is 17.6 Å². The van der Waals surface area contributed by atoms with E-state index < -0.39 is 5.91 Å². The number of hydrogen-bond donors (Lipinski definition) is 2. The van der Waals surface area contributed by atoms with E-state index in [1.54, 1.807) is 11.0 Å². The molecule has 2 aromatic rings. The minimum atomic E-state index is -0.626. The lowest BCUT2D eigenvalue weighted by molar-refractivity contribution is 0.0989. The molecule has 1 aliphatic rings. The highest BCUT2D eigenvalue weighted by Crippen LogP contribution is 2.20. The Morgan fingerprint density at radius 2 is 2.04 bits per heavy atom. The second-order valence-corrected chi connectivity index (χ2v) is 6.01. The molecule has 26 heavy (non-hydrogen) atoms. The summed E-state index contributed by atoms with van der Waals surface area (Å²) in [7, 11) is 0. The predicted molar refractivity (Wildman–Crippen MR) is 93.4 cm³/mol. The first kappa shape index (κ1) is 17.7. The van der Waals surface area contributed by atoms with Crippen molar-refractivity contribution in [1.29, 1.82) is 0 Å². The standard InChI is InChI=1S/C18H19FN4O3/c19-12-3-5-13(6-4-12)22-18(25)23-9-1-2-15(11-23)26-14-7-8-21-16(10-14)17(20)24/h3-8,10,15H,1-2,9,11H2,(H2,20,24)(H,22,25). The van der Waals surface area contributed by atoms with Gasteiger partial charge in [-0.25, -0.2) is 9.18 Å². The summed E-state index contributed by atoms with van der Waals surface area (Å²) in [6, 6.07) is 8.46. The summed E-state index contributed by atoms with van der Waals surface area (Å²) >= 11 is 0. The maximum atomic E-state index is 12.9. The van der Waals surface area contributed by atoms with Crippen molar-refractivity contribution in [3.05, 3.63) is 54.1 Å². The summed E-state index contributed by atoms with van der Waals surface area (Å²) in [6.07, 6.45) is 2.83. The molecule has 3 amide bonds. The Balaban J connectivity index is 1.60. The number of amides is 3.